The first-order valence-electron chi connectivity index (χ1n) is 6.49. The quantitative estimate of drug-likeness (QED) is 0.735. The number of benzene rings is 1. The molecule has 2 rings (SSSR count). The molecule has 1 fully saturated rings. The Morgan fingerprint density at radius 3 is 2.62 bits per heavy atom. The third-order valence-corrected chi connectivity index (χ3v) is 6.39. The minimum Gasteiger partial charge on any atom is -0.290 e. The molecule has 0 amide bonds. The maximum atomic E-state index is 12.5. The third-order valence-electron chi connectivity index (χ3n) is 3.39. The number of piperidine rings is 1. The van der Waals surface area contributed by atoms with Gasteiger partial charge in [0.2, 0.25) is 10.0 Å². The topological polar surface area (TPSA) is 73.2 Å². The van der Waals surface area contributed by atoms with Crippen molar-refractivity contribution in [1.29, 1.82) is 5.26 Å². The van der Waals surface area contributed by atoms with Crippen LogP contribution in [-0.4, -0.2) is 39.0 Å². The second-order valence-electron chi connectivity index (χ2n) is 4.90. The molecule has 0 aromatic heterocycles. The van der Waals surface area contributed by atoms with Gasteiger partial charge in [0.25, 0.3) is 0 Å². The van der Waals surface area contributed by atoms with Crippen LogP contribution in [0, 0.1) is 11.3 Å². The molecule has 0 aliphatic carbocycles. The van der Waals surface area contributed by atoms with Crippen LogP contribution in [0.15, 0.2) is 32.0 Å². The summed E-state index contributed by atoms with van der Waals surface area (Å²) in [5, 5.41) is 8.66. The Morgan fingerprint density at radius 1 is 1.33 bits per heavy atom. The van der Waals surface area contributed by atoms with E-state index >= 15 is 0 Å². The standard InChI is InChI=1S/C13H15Br2N3O2S/c14-10-1-2-12(15)13(9-10)21(19,20)17-11-3-6-18(7-4-11)8-5-16/h1-2,9,11,17H,3-4,6-8H2. The van der Waals surface area contributed by atoms with E-state index in [0.717, 1.165) is 17.6 Å². The van der Waals surface area contributed by atoms with Crippen LogP contribution in [-0.2, 0) is 10.0 Å². The van der Waals surface area contributed by atoms with Crippen LogP contribution in [0.3, 0.4) is 0 Å². The second kappa shape index (κ2) is 7.20. The lowest BCUT2D eigenvalue weighted by Gasteiger charge is -2.30. The summed E-state index contributed by atoms with van der Waals surface area (Å²) in [7, 11) is -3.55. The molecule has 21 heavy (non-hydrogen) atoms. The van der Waals surface area contributed by atoms with Gasteiger partial charge in [-0.05, 0) is 47.0 Å². The number of halogens is 2. The molecule has 0 atom stereocenters. The molecule has 114 valence electrons. The van der Waals surface area contributed by atoms with Gasteiger partial charge in [-0.3, -0.25) is 4.90 Å². The average Bonchev–Trinajstić information content (AvgIpc) is 2.43. The van der Waals surface area contributed by atoms with Gasteiger partial charge in [-0.2, -0.15) is 5.26 Å². The lowest BCUT2D eigenvalue weighted by molar-refractivity contribution is 0.229. The highest BCUT2D eigenvalue weighted by Crippen LogP contribution is 2.26. The van der Waals surface area contributed by atoms with Crippen molar-refractivity contribution in [2.45, 2.75) is 23.8 Å². The normalized spacial score (nSPS) is 17.6. The van der Waals surface area contributed by atoms with Gasteiger partial charge in [-0.1, -0.05) is 15.9 Å². The zero-order chi connectivity index (χ0) is 15.5. The Labute approximate surface area is 141 Å². The SMILES string of the molecule is N#CCN1CCC(NS(=O)(=O)c2cc(Br)ccc2Br)CC1. The fraction of sp³-hybridized carbons (Fsp3) is 0.462. The summed E-state index contributed by atoms with van der Waals surface area (Å²) in [5.41, 5.74) is 0. The number of nitriles is 1. The molecule has 1 heterocycles. The maximum Gasteiger partial charge on any atom is 0.241 e. The average molecular weight is 437 g/mol. The van der Waals surface area contributed by atoms with Crippen LogP contribution in [0.25, 0.3) is 0 Å². The molecular formula is C13H15Br2N3O2S. The molecule has 1 saturated heterocycles. The summed E-state index contributed by atoms with van der Waals surface area (Å²) in [6, 6.07) is 7.09. The van der Waals surface area contributed by atoms with Crippen LogP contribution >= 0.6 is 31.9 Å². The molecule has 8 heteroatoms. The van der Waals surface area contributed by atoms with E-state index in [1.54, 1.807) is 18.2 Å². The monoisotopic (exact) mass is 435 g/mol. The second-order valence-corrected chi connectivity index (χ2v) is 8.36. The fourth-order valence-electron chi connectivity index (χ4n) is 2.27. The van der Waals surface area contributed by atoms with Crippen LogP contribution < -0.4 is 4.72 Å². The van der Waals surface area contributed by atoms with Gasteiger partial charge in [-0.15, -0.1) is 0 Å². The number of nitrogens with zero attached hydrogens (tertiary/aromatic N) is 2. The molecule has 0 radical (unpaired) electrons. The highest BCUT2D eigenvalue weighted by molar-refractivity contribution is 9.11. The lowest BCUT2D eigenvalue weighted by Crippen LogP contribution is -2.44. The molecule has 0 saturated carbocycles. The van der Waals surface area contributed by atoms with Gasteiger partial charge in [0.1, 0.15) is 0 Å². The van der Waals surface area contributed by atoms with Crippen molar-refractivity contribution >= 4 is 41.9 Å². The minimum atomic E-state index is -3.55. The van der Waals surface area contributed by atoms with Crippen molar-refractivity contribution in [2.75, 3.05) is 19.6 Å². The molecule has 5 nitrogen and oxygen atoms in total. The minimum absolute atomic E-state index is 0.0872. The van der Waals surface area contributed by atoms with Gasteiger partial charge in [0.05, 0.1) is 17.5 Å². The van der Waals surface area contributed by atoms with Crippen LogP contribution in [0.1, 0.15) is 12.8 Å². The van der Waals surface area contributed by atoms with Gasteiger partial charge >= 0.3 is 0 Å². The number of rotatable bonds is 4. The molecule has 1 N–H and O–H groups in total. The molecular weight excluding hydrogens is 422 g/mol. The Bertz CT molecular complexity index is 650. The maximum absolute atomic E-state index is 12.5. The Balaban J connectivity index is 2.06. The van der Waals surface area contributed by atoms with E-state index in [-0.39, 0.29) is 10.9 Å². The Hall–Kier alpha value is -0.460. The molecule has 1 aromatic rings. The first-order valence-corrected chi connectivity index (χ1v) is 9.56. The van der Waals surface area contributed by atoms with Crippen molar-refractivity contribution in [1.82, 2.24) is 9.62 Å². The van der Waals surface area contributed by atoms with Crippen LogP contribution in [0.4, 0.5) is 0 Å². The van der Waals surface area contributed by atoms with Gasteiger partial charge in [0.15, 0.2) is 0 Å². The Kier molecular flexibility index (Phi) is 5.80. The molecule has 1 aliphatic heterocycles. The number of nitrogens with one attached hydrogen (secondary N) is 1. The van der Waals surface area contributed by atoms with Crippen LogP contribution in [0.5, 0.6) is 0 Å². The van der Waals surface area contributed by atoms with Crippen molar-refractivity contribution in [3.63, 3.8) is 0 Å². The predicted molar refractivity (Wildman–Crippen MR) is 87.2 cm³/mol. The van der Waals surface area contributed by atoms with Crippen molar-refractivity contribution < 1.29 is 8.42 Å². The number of hydrogen-bond acceptors (Lipinski definition) is 4. The summed E-state index contributed by atoms with van der Waals surface area (Å²) in [5.74, 6) is 0. The third kappa shape index (κ3) is 4.50. The summed E-state index contributed by atoms with van der Waals surface area (Å²) < 4.78 is 28.9. The molecule has 1 aliphatic rings. The number of hydrogen-bond donors (Lipinski definition) is 1. The van der Waals surface area contributed by atoms with Crippen molar-refractivity contribution in [3.05, 3.63) is 27.1 Å². The molecule has 1 aromatic carbocycles. The lowest BCUT2D eigenvalue weighted by atomic mass is 10.1. The highest BCUT2D eigenvalue weighted by Gasteiger charge is 2.25. The predicted octanol–water partition coefficient (Wildman–Crippen LogP) is 2.48. The fourth-order valence-corrected chi connectivity index (χ4v) is 5.08. The van der Waals surface area contributed by atoms with E-state index in [1.165, 1.54) is 0 Å². The summed E-state index contributed by atoms with van der Waals surface area (Å²) in [6.07, 6.45) is 1.43. The zero-order valence-corrected chi connectivity index (χ0v) is 15.2. The van der Waals surface area contributed by atoms with Gasteiger partial charge < -0.3 is 0 Å². The number of likely N-dealkylation sites (tertiary alicyclic amines) is 1. The van der Waals surface area contributed by atoms with Gasteiger partial charge in [0, 0.05) is 28.1 Å². The van der Waals surface area contributed by atoms with E-state index in [4.69, 9.17) is 5.26 Å². The summed E-state index contributed by atoms with van der Waals surface area (Å²) in [6.45, 7) is 1.87. The van der Waals surface area contributed by atoms with E-state index in [1.807, 2.05) is 4.90 Å². The Morgan fingerprint density at radius 2 is 2.00 bits per heavy atom. The summed E-state index contributed by atoms with van der Waals surface area (Å²) >= 11 is 6.57. The number of sulfonamides is 1. The van der Waals surface area contributed by atoms with Crippen molar-refractivity contribution in [3.8, 4) is 6.07 Å². The highest BCUT2D eigenvalue weighted by atomic mass is 79.9. The van der Waals surface area contributed by atoms with E-state index in [0.29, 0.717) is 23.9 Å². The van der Waals surface area contributed by atoms with E-state index in [2.05, 4.69) is 42.7 Å². The van der Waals surface area contributed by atoms with Crippen molar-refractivity contribution in [2.24, 2.45) is 0 Å². The van der Waals surface area contributed by atoms with E-state index in [9.17, 15) is 8.42 Å². The summed E-state index contributed by atoms with van der Waals surface area (Å²) in [4.78, 5) is 2.26. The van der Waals surface area contributed by atoms with Gasteiger partial charge in [-0.25, -0.2) is 13.1 Å². The zero-order valence-electron chi connectivity index (χ0n) is 11.2. The van der Waals surface area contributed by atoms with E-state index < -0.39 is 10.0 Å². The van der Waals surface area contributed by atoms with Crippen LogP contribution in [0.2, 0.25) is 0 Å². The first kappa shape index (κ1) is 16.9. The smallest absolute Gasteiger partial charge is 0.241 e. The largest absolute Gasteiger partial charge is 0.290 e. The molecule has 0 spiro atoms. The molecule has 0 unspecified atom stereocenters. The molecule has 0 bridgehead atoms. The first-order chi connectivity index (χ1) is 9.92.